The van der Waals surface area contributed by atoms with Crippen LogP contribution >= 0.6 is 11.3 Å². The molecule has 0 radical (unpaired) electrons. The Morgan fingerprint density at radius 1 is 0.846 bits per heavy atom. The van der Waals surface area contributed by atoms with Crippen LogP contribution in [0.3, 0.4) is 0 Å². The minimum atomic E-state index is -0.0473. The number of hydrogen-bond acceptors (Lipinski definition) is 3. The molecular formula is C22H16N2OS. The highest BCUT2D eigenvalue weighted by Crippen LogP contribution is 2.34. The van der Waals surface area contributed by atoms with E-state index in [0.29, 0.717) is 0 Å². The molecule has 0 aliphatic carbocycles. The third-order valence-electron chi connectivity index (χ3n) is 4.66. The van der Waals surface area contributed by atoms with E-state index in [1.165, 1.54) is 16.3 Å². The number of nitrogens with zero attached hydrogens (tertiary/aromatic N) is 2. The maximum absolute atomic E-state index is 10.0. The van der Waals surface area contributed by atoms with Crippen LogP contribution < -0.4 is 0 Å². The number of aliphatic hydroxyl groups is 1. The van der Waals surface area contributed by atoms with Crippen molar-refractivity contribution in [3.05, 3.63) is 84.7 Å². The molecule has 0 bridgehead atoms. The number of rotatable bonds is 3. The number of fused-ring (bicyclic) bond motifs is 2. The average molecular weight is 356 g/mol. The van der Waals surface area contributed by atoms with Crippen molar-refractivity contribution in [1.29, 1.82) is 0 Å². The van der Waals surface area contributed by atoms with Gasteiger partial charge >= 0.3 is 0 Å². The molecule has 0 aliphatic heterocycles. The maximum atomic E-state index is 10.0. The molecule has 1 N–H and O–H groups in total. The summed E-state index contributed by atoms with van der Waals surface area (Å²) in [5, 5.41) is 12.4. The van der Waals surface area contributed by atoms with Crippen molar-refractivity contribution in [2.24, 2.45) is 0 Å². The predicted octanol–water partition coefficient (Wildman–Crippen LogP) is 5.38. The number of aromatic nitrogens is 2. The summed E-state index contributed by atoms with van der Waals surface area (Å²) in [6, 6.07) is 24.9. The smallest absolute Gasteiger partial charge is 0.195 e. The molecule has 126 valence electrons. The monoisotopic (exact) mass is 356 g/mol. The number of aliphatic hydroxyl groups excluding tert-OH is 1. The van der Waals surface area contributed by atoms with Crippen LogP contribution in [-0.4, -0.2) is 14.5 Å². The van der Waals surface area contributed by atoms with Gasteiger partial charge in [-0.1, -0.05) is 78.1 Å². The van der Waals surface area contributed by atoms with Gasteiger partial charge in [-0.3, -0.25) is 4.40 Å². The summed E-state index contributed by atoms with van der Waals surface area (Å²) in [4.78, 5) is 6.87. The number of hydrogen-bond donors (Lipinski definition) is 1. The molecule has 3 aromatic carbocycles. The molecule has 26 heavy (non-hydrogen) atoms. The summed E-state index contributed by atoms with van der Waals surface area (Å²) < 4.78 is 2.01. The van der Waals surface area contributed by atoms with Crippen molar-refractivity contribution < 1.29 is 5.11 Å². The van der Waals surface area contributed by atoms with Crippen LogP contribution in [0, 0.1) is 0 Å². The van der Waals surface area contributed by atoms with E-state index in [1.807, 2.05) is 34.7 Å². The van der Waals surface area contributed by atoms with Crippen LogP contribution in [0.4, 0.5) is 0 Å². The second kappa shape index (κ2) is 6.09. The molecule has 4 heteroatoms. The second-order valence-corrected chi connectivity index (χ2v) is 7.25. The first kappa shape index (κ1) is 15.3. The molecule has 0 saturated heterocycles. The summed E-state index contributed by atoms with van der Waals surface area (Å²) >= 11 is 1.64. The first-order valence-electron chi connectivity index (χ1n) is 8.50. The zero-order valence-corrected chi connectivity index (χ0v) is 14.8. The van der Waals surface area contributed by atoms with E-state index in [1.54, 1.807) is 11.3 Å². The highest BCUT2D eigenvalue weighted by Gasteiger charge is 2.16. The number of imidazole rings is 1. The summed E-state index contributed by atoms with van der Waals surface area (Å²) in [7, 11) is 0. The first-order chi connectivity index (χ1) is 12.8. The Kier molecular flexibility index (Phi) is 3.59. The van der Waals surface area contributed by atoms with Crippen molar-refractivity contribution in [1.82, 2.24) is 9.38 Å². The van der Waals surface area contributed by atoms with Crippen LogP contribution in [-0.2, 0) is 6.61 Å². The summed E-state index contributed by atoms with van der Waals surface area (Å²) in [5.41, 5.74) is 3.88. The van der Waals surface area contributed by atoms with Crippen LogP contribution in [0.1, 0.15) is 5.69 Å². The van der Waals surface area contributed by atoms with E-state index in [9.17, 15) is 5.11 Å². The van der Waals surface area contributed by atoms with Gasteiger partial charge in [0.15, 0.2) is 4.96 Å². The molecule has 3 nitrogen and oxygen atoms in total. The van der Waals surface area contributed by atoms with Gasteiger partial charge in [-0.05, 0) is 22.4 Å². The average Bonchev–Trinajstić information content (AvgIpc) is 3.26. The van der Waals surface area contributed by atoms with Crippen LogP contribution in [0.5, 0.6) is 0 Å². The maximum Gasteiger partial charge on any atom is 0.195 e. The molecule has 0 saturated carbocycles. The van der Waals surface area contributed by atoms with E-state index in [-0.39, 0.29) is 6.61 Å². The lowest BCUT2D eigenvalue weighted by Crippen LogP contribution is -1.92. The van der Waals surface area contributed by atoms with E-state index in [0.717, 1.165) is 26.8 Å². The number of benzene rings is 3. The lowest BCUT2D eigenvalue weighted by Gasteiger charge is -2.04. The van der Waals surface area contributed by atoms with Gasteiger partial charge in [-0.2, -0.15) is 0 Å². The normalized spacial score (nSPS) is 11.4. The van der Waals surface area contributed by atoms with Gasteiger partial charge in [0.25, 0.3) is 0 Å². The largest absolute Gasteiger partial charge is 0.390 e. The molecular weight excluding hydrogens is 340 g/mol. The Labute approximate surface area is 154 Å². The molecule has 0 unspecified atom stereocenters. The Morgan fingerprint density at radius 2 is 1.62 bits per heavy atom. The third kappa shape index (κ3) is 2.43. The van der Waals surface area contributed by atoms with Crippen LogP contribution in [0.25, 0.3) is 37.4 Å². The topological polar surface area (TPSA) is 37.5 Å². The predicted molar refractivity (Wildman–Crippen MR) is 107 cm³/mol. The van der Waals surface area contributed by atoms with E-state index < -0.39 is 0 Å². The summed E-state index contributed by atoms with van der Waals surface area (Å²) in [6.45, 7) is -0.0473. The zero-order chi connectivity index (χ0) is 17.5. The Morgan fingerprint density at radius 3 is 2.42 bits per heavy atom. The van der Waals surface area contributed by atoms with Crippen molar-refractivity contribution >= 4 is 27.1 Å². The van der Waals surface area contributed by atoms with E-state index in [2.05, 4.69) is 48.7 Å². The summed E-state index contributed by atoms with van der Waals surface area (Å²) in [5.74, 6) is 0. The minimum Gasteiger partial charge on any atom is -0.390 e. The van der Waals surface area contributed by atoms with Gasteiger partial charge in [0.05, 0.1) is 22.9 Å². The molecule has 5 aromatic rings. The van der Waals surface area contributed by atoms with Gasteiger partial charge in [0.2, 0.25) is 0 Å². The molecule has 0 aliphatic rings. The molecule has 2 aromatic heterocycles. The standard InChI is InChI=1S/C22H16N2OS/c25-14-19-21(18-11-10-15-6-4-5-9-17(15)12-18)23-22-24(19)13-20(26-22)16-7-2-1-3-8-16/h1-13,25H,14H2. The molecule has 0 amide bonds. The zero-order valence-electron chi connectivity index (χ0n) is 14.0. The van der Waals surface area contributed by atoms with Gasteiger partial charge in [0, 0.05) is 11.8 Å². The number of thiazole rings is 1. The first-order valence-corrected chi connectivity index (χ1v) is 9.31. The molecule has 2 heterocycles. The lowest BCUT2D eigenvalue weighted by atomic mass is 10.0. The SMILES string of the molecule is OCc1c(-c2ccc3ccccc3c2)nc2sc(-c3ccccc3)cn12. The van der Waals surface area contributed by atoms with E-state index in [4.69, 9.17) is 4.98 Å². The fourth-order valence-electron chi connectivity index (χ4n) is 3.35. The van der Waals surface area contributed by atoms with Crippen LogP contribution in [0.2, 0.25) is 0 Å². The molecule has 5 rings (SSSR count). The quantitative estimate of drug-likeness (QED) is 0.471. The van der Waals surface area contributed by atoms with Gasteiger partial charge in [-0.15, -0.1) is 0 Å². The van der Waals surface area contributed by atoms with Crippen LogP contribution in [0.15, 0.2) is 79.0 Å². The Hall–Kier alpha value is -2.95. The van der Waals surface area contributed by atoms with Gasteiger partial charge in [0.1, 0.15) is 0 Å². The van der Waals surface area contributed by atoms with Gasteiger partial charge in [-0.25, -0.2) is 4.98 Å². The lowest BCUT2D eigenvalue weighted by molar-refractivity contribution is 0.276. The van der Waals surface area contributed by atoms with Crippen molar-refractivity contribution in [2.75, 3.05) is 0 Å². The minimum absolute atomic E-state index is 0.0473. The van der Waals surface area contributed by atoms with Crippen molar-refractivity contribution in [2.45, 2.75) is 6.61 Å². The molecule has 0 atom stereocenters. The highest BCUT2D eigenvalue weighted by molar-refractivity contribution is 7.20. The Balaban J connectivity index is 1.67. The molecule has 0 spiro atoms. The van der Waals surface area contributed by atoms with Gasteiger partial charge < -0.3 is 5.11 Å². The van der Waals surface area contributed by atoms with Crippen molar-refractivity contribution in [3.8, 4) is 21.7 Å². The molecule has 0 fully saturated rings. The second-order valence-electron chi connectivity index (χ2n) is 6.24. The van der Waals surface area contributed by atoms with Crippen molar-refractivity contribution in [3.63, 3.8) is 0 Å². The fraction of sp³-hybridized carbons (Fsp3) is 0.0455. The third-order valence-corrected chi connectivity index (χ3v) is 5.69. The highest BCUT2D eigenvalue weighted by atomic mass is 32.1. The Bertz CT molecular complexity index is 1220. The summed E-state index contributed by atoms with van der Waals surface area (Å²) in [6.07, 6.45) is 2.07. The fourth-order valence-corrected chi connectivity index (χ4v) is 4.35. The van der Waals surface area contributed by atoms with E-state index >= 15 is 0 Å².